The van der Waals surface area contributed by atoms with Gasteiger partial charge in [-0.1, -0.05) is 35.5 Å². The van der Waals surface area contributed by atoms with Gasteiger partial charge < -0.3 is 4.52 Å². The SMILES string of the molecule is O=[N+]([O-])c1ccc(-c2noc(CN3CCC(CCc4ccccc4)CC3)n2)cc1. The van der Waals surface area contributed by atoms with Crippen molar-refractivity contribution in [1.82, 2.24) is 15.0 Å². The lowest BCUT2D eigenvalue weighted by atomic mass is 9.90. The van der Waals surface area contributed by atoms with Gasteiger partial charge in [0.15, 0.2) is 0 Å². The van der Waals surface area contributed by atoms with Crippen molar-refractivity contribution in [3.8, 4) is 11.4 Å². The minimum absolute atomic E-state index is 0.0487. The molecule has 1 aromatic heterocycles. The quantitative estimate of drug-likeness (QED) is 0.435. The molecule has 3 aromatic rings. The molecule has 7 nitrogen and oxygen atoms in total. The molecule has 0 spiro atoms. The molecule has 1 fully saturated rings. The fourth-order valence-electron chi connectivity index (χ4n) is 3.81. The predicted molar refractivity (Wildman–Crippen MR) is 109 cm³/mol. The van der Waals surface area contributed by atoms with Crippen molar-refractivity contribution in [3.05, 3.63) is 76.2 Å². The molecule has 150 valence electrons. The van der Waals surface area contributed by atoms with Gasteiger partial charge in [0, 0.05) is 17.7 Å². The van der Waals surface area contributed by atoms with Crippen LogP contribution in [0.25, 0.3) is 11.4 Å². The maximum atomic E-state index is 10.8. The van der Waals surface area contributed by atoms with Gasteiger partial charge in [0.05, 0.1) is 11.5 Å². The number of non-ortho nitro benzene ring substituents is 1. The third-order valence-corrected chi connectivity index (χ3v) is 5.55. The van der Waals surface area contributed by atoms with E-state index in [-0.39, 0.29) is 5.69 Å². The van der Waals surface area contributed by atoms with E-state index in [1.54, 1.807) is 12.1 Å². The summed E-state index contributed by atoms with van der Waals surface area (Å²) >= 11 is 0. The van der Waals surface area contributed by atoms with Crippen LogP contribution < -0.4 is 0 Å². The molecule has 0 amide bonds. The second-order valence-corrected chi connectivity index (χ2v) is 7.56. The predicted octanol–water partition coefficient (Wildman–Crippen LogP) is 4.49. The molecule has 0 aliphatic carbocycles. The zero-order valence-corrected chi connectivity index (χ0v) is 16.2. The normalized spacial score (nSPS) is 15.4. The second-order valence-electron chi connectivity index (χ2n) is 7.56. The second kappa shape index (κ2) is 8.96. The molecule has 1 saturated heterocycles. The molecule has 29 heavy (non-hydrogen) atoms. The lowest BCUT2D eigenvalue weighted by Gasteiger charge is -2.30. The van der Waals surface area contributed by atoms with E-state index in [1.807, 2.05) is 0 Å². The molecular formula is C22H24N4O3. The number of aryl methyl sites for hydroxylation is 1. The van der Waals surface area contributed by atoms with Crippen molar-refractivity contribution in [2.45, 2.75) is 32.2 Å². The van der Waals surface area contributed by atoms with E-state index in [1.165, 1.54) is 37.0 Å². The maximum absolute atomic E-state index is 10.8. The maximum Gasteiger partial charge on any atom is 0.269 e. The number of nitrogens with zero attached hydrogens (tertiary/aromatic N) is 4. The summed E-state index contributed by atoms with van der Waals surface area (Å²) in [6.07, 6.45) is 4.77. The molecular weight excluding hydrogens is 368 g/mol. The number of rotatable bonds is 7. The topological polar surface area (TPSA) is 85.3 Å². The smallest absolute Gasteiger partial charge is 0.269 e. The number of nitro groups is 1. The minimum atomic E-state index is -0.422. The summed E-state index contributed by atoms with van der Waals surface area (Å²) < 4.78 is 5.40. The number of nitro benzene ring substituents is 1. The van der Waals surface area contributed by atoms with Crippen LogP contribution in [0, 0.1) is 16.0 Å². The van der Waals surface area contributed by atoms with Crippen LogP contribution in [0.1, 0.15) is 30.7 Å². The van der Waals surface area contributed by atoms with Gasteiger partial charge in [0.25, 0.3) is 5.69 Å². The van der Waals surface area contributed by atoms with Crippen molar-refractivity contribution in [3.63, 3.8) is 0 Å². The Morgan fingerprint density at radius 2 is 1.79 bits per heavy atom. The number of benzene rings is 2. The average Bonchev–Trinajstić information content (AvgIpc) is 3.22. The minimum Gasteiger partial charge on any atom is -0.338 e. The number of piperidine rings is 1. The Labute approximate surface area is 169 Å². The first-order valence-electron chi connectivity index (χ1n) is 10.0. The lowest BCUT2D eigenvalue weighted by molar-refractivity contribution is -0.384. The summed E-state index contributed by atoms with van der Waals surface area (Å²) in [5.74, 6) is 1.82. The monoisotopic (exact) mass is 392 g/mol. The van der Waals surface area contributed by atoms with Gasteiger partial charge in [-0.15, -0.1) is 0 Å². The molecule has 0 atom stereocenters. The van der Waals surface area contributed by atoms with E-state index >= 15 is 0 Å². The Bertz CT molecular complexity index is 932. The van der Waals surface area contributed by atoms with E-state index in [0.29, 0.717) is 23.8 Å². The van der Waals surface area contributed by atoms with Crippen molar-refractivity contribution >= 4 is 5.69 Å². The summed E-state index contributed by atoms with van der Waals surface area (Å²) in [5.41, 5.74) is 2.18. The molecule has 2 aromatic carbocycles. The van der Waals surface area contributed by atoms with E-state index in [0.717, 1.165) is 25.4 Å². The summed E-state index contributed by atoms with van der Waals surface area (Å²) in [4.78, 5) is 17.1. The van der Waals surface area contributed by atoms with Gasteiger partial charge >= 0.3 is 0 Å². The molecule has 4 rings (SSSR count). The zero-order valence-electron chi connectivity index (χ0n) is 16.2. The van der Waals surface area contributed by atoms with Crippen molar-refractivity contribution in [2.75, 3.05) is 13.1 Å². The van der Waals surface area contributed by atoms with E-state index in [4.69, 9.17) is 4.52 Å². The molecule has 0 radical (unpaired) electrons. The lowest BCUT2D eigenvalue weighted by Crippen LogP contribution is -2.33. The Kier molecular flexibility index (Phi) is 5.95. The van der Waals surface area contributed by atoms with Crippen LogP contribution in [0.15, 0.2) is 59.1 Å². The van der Waals surface area contributed by atoms with Crippen LogP contribution in [0.4, 0.5) is 5.69 Å². The summed E-state index contributed by atoms with van der Waals surface area (Å²) in [5, 5.41) is 14.8. The largest absolute Gasteiger partial charge is 0.338 e. The molecule has 0 bridgehead atoms. The molecule has 0 N–H and O–H groups in total. The fourth-order valence-corrected chi connectivity index (χ4v) is 3.81. The highest BCUT2D eigenvalue weighted by Crippen LogP contribution is 2.24. The first-order chi connectivity index (χ1) is 14.2. The molecule has 7 heteroatoms. The Balaban J connectivity index is 1.26. The van der Waals surface area contributed by atoms with Gasteiger partial charge in [-0.05, 0) is 62.4 Å². The number of aromatic nitrogens is 2. The third-order valence-electron chi connectivity index (χ3n) is 5.55. The van der Waals surface area contributed by atoms with Gasteiger partial charge in [-0.2, -0.15) is 4.98 Å². The van der Waals surface area contributed by atoms with E-state index in [9.17, 15) is 10.1 Å². The number of likely N-dealkylation sites (tertiary alicyclic amines) is 1. The third kappa shape index (κ3) is 5.06. The fraction of sp³-hybridized carbons (Fsp3) is 0.364. The Morgan fingerprint density at radius 3 is 2.48 bits per heavy atom. The molecule has 1 aliphatic heterocycles. The zero-order chi connectivity index (χ0) is 20.1. The summed E-state index contributed by atoms with van der Waals surface area (Å²) in [7, 11) is 0. The summed E-state index contributed by atoms with van der Waals surface area (Å²) in [6, 6.07) is 16.9. The van der Waals surface area contributed by atoms with Crippen molar-refractivity contribution < 1.29 is 9.45 Å². The molecule has 2 heterocycles. The first-order valence-corrected chi connectivity index (χ1v) is 10.0. The van der Waals surface area contributed by atoms with Crippen LogP contribution in [0.2, 0.25) is 0 Å². The van der Waals surface area contributed by atoms with Crippen LogP contribution in [0.3, 0.4) is 0 Å². The van der Waals surface area contributed by atoms with Crippen molar-refractivity contribution in [1.29, 1.82) is 0 Å². The van der Waals surface area contributed by atoms with Crippen LogP contribution in [0.5, 0.6) is 0 Å². The number of hydrogen-bond donors (Lipinski definition) is 0. The Hall–Kier alpha value is -3.06. The standard InChI is InChI=1S/C22H24N4O3/c27-26(28)20-10-8-19(9-11-20)22-23-21(29-24-22)16-25-14-12-18(13-15-25)7-6-17-4-2-1-3-5-17/h1-5,8-11,18H,6-7,12-16H2. The van der Waals surface area contributed by atoms with Gasteiger partial charge in [0.2, 0.25) is 11.7 Å². The molecule has 0 unspecified atom stereocenters. The number of hydrogen-bond acceptors (Lipinski definition) is 6. The van der Waals surface area contributed by atoms with Gasteiger partial charge in [0.1, 0.15) is 0 Å². The molecule has 0 saturated carbocycles. The van der Waals surface area contributed by atoms with E-state index in [2.05, 4.69) is 45.4 Å². The van der Waals surface area contributed by atoms with Crippen LogP contribution >= 0.6 is 0 Å². The van der Waals surface area contributed by atoms with Gasteiger partial charge in [-0.3, -0.25) is 15.0 Å². The van der Waals surface area contributed by atoms with Crippen LogP contribution in [-0.2, 0) is 13.0 Å². The van der Waals surface area contributed by atoms with E-state index < -0.39 is 4.92 Å². The Morgan fingerprint density at radius 1 is 1.07 bits per heavy atom. The van der Waals surface area contributed by atoms with Gasteiger partial charge in [-0.25, -0.2) is 0 Å². The average molecular weight is 392 g/mol. The van der Waals surface area contributed by atoms with Crippen LogP contribution in [-0.4, -0.2) is 33.1 Å². The highest BCUT2D eigenvalue weighted by atomic mass is 16.6. The first kappa shape index (κ1) is 19.3. The highest BCUT2D eigenvalue weighted by molar-refractivity contribution is 5.56. The van der Waals surface area contributed by atoms with Crippen molar-refractivity contribution in [2.24, 2.45) is 5.92 Å². The molecule has 1 aliphatic rings. The summed E-state index contributed by atoms with van der Waals surface area (Å²) in [6.45, 7) is 2.72. The highest BCUT2D eigenvalue weighted by Gasteiger charge is 2.21.